The summed E-state index contributed by atoms with van der Waals surface area (Å²) in [6, 6.07) is 4.07. The molecule has 29 heavy (non-hydrogen) atoms. The smallest absolute Gasteiger partial charge is 0.269 e. The summed E-state index contributed by atoms with van der Waals surface area (Å²) in [5.41, 5.74) is -0.203. The predicted octanol–water partition coefficient (Wildman–Crippen LogP) is 0.495. The van der Waals surface area contributed by atoms with Crippen LogP contribution in [-0.2, 0) is 24.6 Å². The van der Waals surface area contributed by atoms with Crippen molar-refractivity contribution < 1.29 is 26.5 Å². The summed E-state index contributed by atoms with van der Waals surface area (Å²) < 4.78 is 56.9. The van der Waals surface area contributed by atoms with Crippen LogP contribution >= 0.6 is 0 Å². The average Bonchev–Trinajstić information content (AvgIpc) is 3.05. The number of benzene rings is 1. The number of morpholine rings is 1. The van der Waals surface area contributed by atoms with Gasteiger partial charge in [0.1, 0.15) is 0 Å². The van der Waals surface area contributed by atoms with Gasteiger partial charge in [-0.25, -0.2) is 16.8 Å². The molecule has 1 aromatic rings. The molecule has 2 aliphatic rings. The summed E-state index contributed by atoms with van der Waals surface area (Å²) in [4.78, 5) is 12.4. The Morgan fingerprint density at radius 2 is 1.86 bits per heavy atom. The zero-order chi connectivity index (χ0) is 21.1. The zero-order valence-corrected chi connectivity index (χ0v) is 17.6. The van der Waals surface area contributed by atoms with Gasteiger partial charge < -0.3 is 4.74 Å². The molecule has 1 atom stereocenters. The van der Waals surface area contributed by atoms with Crippen LogP contribution in [-0.4, -0.2) is 87.9 Å². The molecule has 162 valence electrons. The summed E-state index contributed by atoms with van der Waals surface area (Å²) in [6.07, 6.45) is 0.814. The van der Waals surface area contributed by atoms with Crippen LogP contribution in [0, 0.1) is 10.1 Å². The van der Waals surface area contributed by atoms with E-state index in [0.29, 0.717) is 26.2 Å². The highest BCUT2D eigenvalue weighted by molar-refractivity contribution is 7.92. The van der Waals surface area contributed by atoms with Crippen molar-refractivity contribution in [3.63, 3.8) is 0 Å². The van der Waals surface area contributed by atoms with Crippen molar-refractivity contribution in [1.29, 1.82) is 0 Å². The number of nitro benzene ring substituents is 1. The molecule has 0 saturated carbocycles. The van der Waals surface area contributed by atoms with Crippen molar-refractivity contribution in [2.45, 2.75) is 23.8 Å². The van der Waals surface area contributed by atoms with Crippen molar-refractivity contribution in [2.24, 2.45) is 0 Å². The lowest BCUT2D eigenvalue weighted by Crippen LogP contribution is -2.43. The third-order valence-corrected chi connectivity index (χ3v) is 8.94. The molecule has 0 aliphatic carbocycles. The van der Waals surface area contributed by atoms with Gasteiger partial charge in [-0.3, -0.25) is 15.0 Å². The molecule has 3 rings (SSSR count). The first-order valence-corrected chi connectivity index (χ1v) is 12.7. The molecule has 0 aromatic heterocycles. The second-order valence-corrected chi connectivity index (χ2v) is 11.4. The van der Waals surface area contributed by atoms with Gasteiger partial charge in [0.2, 0.25) is 10.0 Å². The number of sulfone groups is 1. The van der Waals surface area contributed by atoms with E-state index in [1.165, 1.54) is 16.4 Å². The molecule has 0 N–H and O–H groups in total. The topological polar surface area (TPSA) is 127 Å². The summed E-state index contributed by atoms with van der Waals surface area (Å²) in [5.74, 6) is -0.232. The lowest BCUT2D eigenvalue weighted by atomic mass is 10.2. The quantitative estimate of drug-likeness (QED) is 0.416. The maximum Gasteiger partial charge on any atom is 0.269 e. The van der Waals surface area contributed by atoms with Gasteiger partial charge in [0.25, 0.3) is 5.69 Å². The van der Waals surface area contributed by atoms with Crippen LogP contribution in [0.15, 0.2) is 29.2 Å². The van der Waals surface area contributed by atoms with Crippen LogP contribution in [0.2, 0.25) is 0 Å². The molecule has 0 spiro atoms. The van der Waals surface area contributed by atoms with Crippen LogP contribution in [0.25, 0.3) is 0 Å². The van der Waals surface area contributed by atoms with Gasteiger partial charge in [0.05, 0.1) is 34.5 Å². The molecule has 12 heteroatoms. The van der Waals surface area contributed by atoms with Gasteiger partial charge in [-0.2, -0.15) is 4.31 Å². The summed E-state index contributed by atoms with van der Waals surface area (Å²) in [7, 11) is -7.25. The van der Waals surface area contributed by atoms with E-state index < -0.39 is 30.8 Å². The van der Waals surface area contributed by atoms with Gasteiger partial charge >= 0.3 is 0 Å². The Morgan fingerprint density at radius 1 is 1.21 bits per heavy atom. The standard InChI is InChI=1S/C17H25N3O7S2/c21-20(22)15-2-4-17(5-3-15)29(25,26)19(16-6-13-28(23,24)14-16)8-1-7-18-9-11-27-12-10-18/h2-5,16H,1,6-14H2. The number of non-ortho nitro benzene ring substituents is 1. The van der Waals surface area contributed by atoms with Crippen molar-refractivity contribution in [2.75, 3.05) is 50.9 Å². The molecule has 0 bridgehead atoms. The van der Waals surface area contributed by atoms with E-state index in [0.717, 1.165) is 25.2 Å². The summed E-state index contributed by atoms with van der Waals surface area (Å²) >= 11 is 0. The minimum absolute atomic E-state index is 0.0343. The highest BCUT2D eigenvalue weighted by atomic mass is 32.2. The fourth-order valence-electron chi connectivity index (χ4n) is 3.65. The average molecular weight is 448 g/mol. The van der Waals surface area contributed by atoms with Crippen LogP contribution in [0.1, 0.15) is 12.8 Å². The lowest BCUT2D eigenvalue weighted by Gasteiger charge is -2.30. The van der Waals surface area contributed by atoms with E-state index in [-0.39, 0.29) is 35.1 Å². The maximum absolute atomic E-state index is 13.2. The molecule has 2 aliphatic heterocycles. The minimum Gasteiger partial charge on any atom is -0.379 e. The summed E-state index contributed by atoms with van der Waals surface area (Å²) in [5, 5.41) is 10.8. The van der Waals surface area contributed by atoms with E-state index in [2.05, 4.69) is 4.90 Å². The number of nitro groups is 1. The molecule has 0 amide bonds. The largest absolute Gasteiger partial charge is 0.379 e. The molecule has 2 heterocycles. The lowest BCUT2D eigenvalue weighted by molar-refractivity contribution is -0.384. The van der Waals surface area contributed by atoms with Crippen LogP contribution in [0.4, 0.5) is 5.69 Å². The third-order valence-electron chi connectivity index (χ3n) is 5.23. The van der Waals surface area contributed by atoms with Gasteiger partial charge in [-0.15, -0.1) is 0 Å². The van der Waals surface area contributed by atoms with E-state index in [1.54, 1.807) is 0 Å². The van der Waals surface area contributed by atoms with E-state index in [1.807, 2.05) is 0 Å². The van der Waals surface area contributed by atoms with Crippen LogP contribution in [0.3, 0.4) is 0 Å². The number of ether oxygens (including phenoxy) is 1. The Morgan fingerprint density at radius 3 is 2.41 bits per heavy atom. The molecule has 0 radical (unpaired) electrons. The number of sulfonamides is 1. The maximum atomic E-state index is 13.2. The Bertz CT molecular complexity index is 926. The molecule has 10 nitrogen and oxygen atoms in total. The first-order valence-electron chi connectivity index (χ1n) is 9.46. The highest BCUT2D eigenvalue weighted by Crippen LogP contribution is 2.26. The van der Waals surface area contributed by atoms with Crippen LogP contribution in [0.5, 0.6) is 0 Å². The van der Waals surface area contributed by atoms with E-state index >= 15 is 0 Å². The fourth-order valence-corrected chi connectivity index (χ4v) is 7.17. The van der Waals surface area contributed by atoms with Gasteiger partial charge in [-0.1, -0.05) is 0 Å². The van der Waals surface area contributed by atoms with Crippen molar-refractivity contribution in [1.82, 2.24) is 9.21 Å². The Balaban J connectivity index is 1.78. The van der Waals surface area contributed by atoms with Crippen molar-refractivity contribution in [3.8, 4) is 0 Å². The molecule has 2 fully saturated rings. The van der Waals surface area contributed by atoms with Crippen LogP contribution < -0.4 is 0 Å². The van der Waals surface area contributed by atoms with Gasteiger partial charge in [0.15, 0.2) is 9.84 Å². The Kier molecular flexibility index (Phi) is 6.89. The first kappa shape index (κ1) is 22.1. The Hall–Kier alpha value is -1.60. The van der Waals surface area contributed by atoms with E-state index in [4.69, 9.17) is 4.74 Å². The fraction of sp³-hybridized carbons (Fsp3) is 0.647. The van der Waals surface area contributed by atoms with Gasteiger partial charge in [-0.05, 0) is 31.5 Å². The molecule has 1 unspecified atom stereocenters. The predicted molar refractivity (Wildman–Crippen MR) is 106 cm³/mol. The SMILES string of the molecule is O=[N+]([O-])c1ccc(S(=O)(=O)N(CCCN2CCOCC2)C2CCS(=O)(=O)C2)cc1. The number of nitrogens with zero attached hydrogens (tertiary/aromatic N) is 3. The van der Waals surface area contributed by atoms with E-state index in [9.17, 15) is 26.9 Å². The second kappa shape index (κ2) is 9.04. The second-order valence-electron chi connectivity index (χ2n) is 7.23. The number of rotatable bonds is 8. The summed E-state index contributed by atoms with van der Waals surface area (Å²) in [6.45, 7) is 3.74. The zero-order valence-electron chi connectivity index (χ0n) is 16.0. The first-order chi connectivity index (χ1) is 13.7. The third kappa shape index (κ3) is 5.51. The molecule has 1 aromatic carbocycles. The Labute approximate surface area is 170 Å². The van der Waals surface area contributed by atoms with Crippen molar-refractivity contribution >= 4 is 25.5 Å². The normalized spacial score (nSPS) is 22.7. The van der Waals surface area contributed by atoms with Gasteiger partial charge in [0, 0.05) is 37.8 Å². The minimum atomic E-state index is -3.98. The molecular formula is C17H25N3O7S2. The molecule has 2 saturated heterocycles. The molecular weight excluding hydrogens is 422 g/mol. The highest BCUT2D eigenvalue weighted by Gasteiger charge is 2.38. The number of hydrogen-bond acceptors (Lipinski definition) is 8. The number of hydrogen-bond donors (Lipinski definition) is 0. The monoisotopic (exact) mass is 447 g/mol. The van der Waals surface area contributed by atoms with Crippen molar-refractivity contribution in [3.05, 3.63) is 34.4 Å².